The summed E-state index contributed by atoms with van der Waals surface area (Å²) in [5, 5.41) is 5.69. The largest absolute Gasteiger partial charge is 0.495 e. The van der Waals surface area contributed by atoms with E-state index >= 15 is 0 Å². The number of piperidine rings is 1. The van der Waals surface area contributed by atoms with Gasteiger partial charge in [0.05, 0.1) is 25.0 Å². The highest BCUT2D eigenvalue weighted by molar-refractivity contribution is 5.91. The molecule has 1 atom stereocenters. The fourth-order valence-electron chi connectivity index (χ4n) is 4.63. The molecule has 1 spiro atoms. The molecule has 9 nitrogen and oxygen atoms in total. The summed E-state index contributed by atoms with van der Waals surface area (Å²) in [5.41, 5.74) is 0.248. The summed E-state index contributed by atoms with van der Waals surface area (Å²) < 4.78 is 11.1. The Hall–Kier alpha value is -2.81. The van der Waals surface area contributed by atoms with E-state index in [-0.39, 0.29) is 29.9 Å². The van der Waals surface area contributed by atoms with Gasteiger partial charge in [-0.25, -0.2) is 4.79 Å². The zero-order valence-corrected chi connectivity index (χ0v) is 21.0. The Labute approximate surface area is 202 Å². The molecule has 0 bridgehead atoms. The van der Waals surface area contributed by atoms with Gasteiger partial charge in [0, 0.05) is 33.1 Å². The van der Waals surface area contributed by atoms with Crippen molar-refractivity contribution >= 4 is 23.5 Å². The molecule has 1 aromatic carbocycles. The van der Waals surface area contributed by atoms with Gasteiger partial charge < -0.3 is 29.9 Å². The highest BCUT2D eigenvalue weighted by Gasteiger charge is 2.44. The van der Waals surface area contributed by atoms with Crippen molar-refractivity contribution in [3.63, 3.8) is 0 Å². The number of para-hydroxylation sites is 2. The molecule has 4 amide bonds. The number of nitrogens with one attached hydrogen (secondary N) is 2. The summed E-state index contributed by atoms with van der Waals surface area (Å²) >= 11 is 0. The summed E-state index contributed by atoms with van der Waals surface area (Å²) in [5.74, 6) is 0.269. The number of nitrogens with zero attached hydrogens (tertiary/aromatic N) is 2. The SMILES string of the molecule is COc1ccccc1NC(=O)N1CCC2(CC1)CCN(C(=O)C(COC(C)(C)C)NC(C)=O)C2. The van der Waals surface area contributed by atoms with Crippen molar-refractivity contribution in [1.82, 2.24) is 15.1 Å². The van der Waals surface area contributed by atoms with Crippen molar-refractivity contribution in [2.24, 2.45) is 5.41 Å². The zero-order chi connectivity index (χ0) is 24.9. The lowest BCUT2D eigenvalue weighted by atomic mass is 9.78. The monoisotopic (exact) mass is 474 g/mol. The first-order chi connectivity index (χ1) is 16.0. The lowest BCUT2D eigenvalue weighted by Gasteiger charge is -2.39. The van der Waals surface area contributed by atoms with Gasteiger partial charge in [0.15, 0.2) is 0 Å². The Morgan fingerprint density at radius 3 is 2.26 bits per heavy atom. The average Bonchev–Trinajstić information content (AvgIpc) is 3.19. The second kappa shape index (κ2) is 10.6. The number of carbonyl (C=O) groups excluding carboxylic acids is 3. The van der Waals surface area contributed by atoms with Crippen LogP contribution < -0.4 is 15.4 Å². The summed E-state index contributed by atoms with van der Waals surface area (Å²) in [6.07, 6.45) is 2.56. The standard InChI is InChI=1S/C25H38N4O5/c1-18(30)26-20(16-34-24(2,3)4)22(31)29-15-12-25(17-29)10-13-28(14-11-25)23(32)27-19-8-6-7-9-21(19)33-5/h6-9,20H,10-17H2,1-5H3,(H,26,30)(H,27,32). The molecule has 2 fully saturated rings. The number of likely N-dealkylation sites (tertiary alicyclic amines) is 2. The minimum atomic E-state index is -0.696. The first-order valence-corrected chi connectivity index (χ1v) is 11.9. The topological polar surface area (TPSA) is 100 Å². The lowest BCUT2D eigenvalue weighted by molar-refractivity contribution is -0.139. The summed E-state index contributed by atoms with van der Waals surface area (Å²) in [7, 11) is 1.58. The van der Waals surface area contributed by atoms with Crippen LogP contribution in [0.2, 0.25) is 0 Å². The van der Waals surface area contributed by atoms with Gasteiger partial charge in [0.1, 0.15) is 11.8 Å². The number of anilines is 1. The van der Waals surface area contributed by atoms with Crippen molar-refractivity contribution in [3.05, 3.63) is 24.3 Å². The highest BCUT2D eigenvalue weighted by Crippen LogP contribution is 2.40. The van der Waals surface area contributed by atoms with Gasteiger partial charge in [-0.1, -0.05) is 12.1 Å². The smallest absolute Gasteiger partial charge is 0.321 e. The van der Waals surface area contributed by atoms with Gasteiger partial charge in [-0.15, -0.1) is 0 Å². The first-order valence-electron chi connectivity index (χ1n) is 11.9. The van der Waals surface area contributed by atoms with E-state index in [0.717, 1.165) is 19.3 Å². The van der Waals surface area contributed by atoms with Crippen molar-refractivity contribution in [2.75, 3.05) is 45.2 Å². The first kappa shape index (κ1) is 25.8. The fourth-order valence-corrected chi connectivity index (χ4v) is 4.63. The third-order valence-corrected chi connectivity index (χ3v) is 6.57. The molecular weight excluding hydrogens is 436 g/mol. The number of carbonyl (C=O) groups is 3. The van der Waals surface area contributed by atoms with Crippen LogP contribution in [0.3, 0.4) is 0 Å². The van der Waals surface area contributed by atoms with E-state index in [2.05, 4.69) is 10.6 Å². The van der Waals surface area contributed by atoms with Crippen molar-refractivity contribution in [2.45, 2.75) is 58.6 Å². The Morgan fingerprint density at radius 1 is 1.06 bits per heavy atom. The van der Waals surface area contributed by atoms with E-state index in [0.29, 0.717) is 37.6 Å². The van der Waals surface area contributed by atoms with Crippen LogP contribution in [0.1, 0.15) is 47.0 Å². The van der Waals surface area contributed by atoms with E-state index < -0.39 is 11.6 Å². The normalized spacial score (nSPS) is 18.5. The number of benzene rings is 1. The van der Waals surface area contributed by atoms with E-state index in [1.54, 1.807) is 7.11 Å². The molecule has 0 radical (unpaired) electrons. The second-order valence-electron chi connectivity index (χ2n) is 10.3. The van der Waals surface area contributed by atoms with Gasteiger partial charge in [-0.3, -0.25) is 9.59 Å². The molecule has 1 unspecified atom stereocenters. The molecule has 3 rings (SSSR count). The Kier molecular flexibility index (Phi) is 8.07. The number of urea groups is 1. The third kappa shape index (κ3) is 6.62. The van der Waals surface area contributed by atoms with Crippen LogP contribution >= 0.6 is 0 Å². The highest BCUT2D eigenvalue weighted by atomic mass is 16.5. The molecule has 188 valence electrons. The molecule has 0 aromatic heterocycles. The van der Waals surface area contributed by atoms with E-state index in [1.807, 2.05) is 54.8 Å². The number of methoxy groups -OCH3 is 1. The summed E-state index contributed by atoms with van der Waals surface area (Å²) in [6, 6.07) is 6.50. The predicted molar refractivity (Wildman–Crippen MR) is 130 cm³/mol. The van der Waals surface area contributed by atoms with Gasteiger partial charge >= 0.3 is 6.03 Å². The number of hydrogen-bond donors (Lipinski definition) is 2. The van der Waals surface area contributed by atoms with Crippen LogP contribution in [0, 0.1) is 5.41 Å². The molecule has 2 N–H and O–H groups in total. The fraction of sp³-hybridized carbons (Fsp3) is 0.640. The molecule has 34 heavy (non-hydrogen) atoms. The Morgan fingerprint density at radius 2 is 1.68 bits per heavy atom. The molecule has 1 aromatic rings. The minimum absolute atomic E-state index is 0.00251. The van der Waals surface area contributed by atoms with E-state index in [4.69, 9.17) is 9.47 Å². The van der Waals surface area contributed by atoms with Crippen LogP contribution in [-0.2, 0) is 14.3 Å². The average molecular weight is 475 g/mol. The maximum atomic E-state index is 13.2. The number of ether oxygens (including phenoxy) is 2. The quantitative estimate of drug-likeness (QED) is 0.660. The molecule has 0 aliphatic carbocycles. The van der Waals surface area contributed by atoms with Crippen LogP contribution in [0.5, 0.6) is 5.75 Å². The molecule has 2 aliphatic heterocycles. The second-order valence-corrected chi connectivity index (χ2v) is 10.3. The Balaban J connectivity index is 1.55. The van der Waals surface area contributed by atoms with E-state index in [9.17, 15) is 14.4 Å². The number of rotatable bonds is 6. The van der Waals surface area contributed by atoms with Gasteiger partial charge in [0.25, 0.3) is 0 Å². The van der Waals surface area contributed by atoms with Crippen molar-refractivity contribution < 1.29 is 23.9 Å². The third-order valence-electron chi connectivity index (χ3n) is 6.57. The van der Waals surface area contributed by atoms with Crippen LogP contribution in [-0.4, -0.2) is 79.2 Å². The van der Waals surface area contributed by atoms with Crippen LogP contribution in [0.25, 0.3) is 0 Å². The maximum Gasteiger partial charge on any atom is 0.321 e. The zero-order valence-electron chi connectivity index (χ0n) is 21.0. The van der Waals surface area contributed by atoms with Crippen LogP contribution in [0.15, 0.2) is 24.3 Å². The van der Waals surface area contributed by atoms with Gasteiger partial charge in [-0.2, -0.15) is 0 Å². The minimum Gasteiger partial charge on any atom is -0.495 e. The lowest BCUT2D eigenvalue weighted by Crippen LogP contribution is -2.52. The molecule has 0 saturated carbocycles. The van der Waals surface area contributed by atoms with Crippen molar-refractivity contribution in [1.29, 1.82) is 0 Å². The molecule has 2 saturated heterocycles. The maximum absolute atomic E-state index is 13.2. The molecular formula is C25H38N4O5. The summed E-state index contributed by atoms with van der Waals surface area (Å²) in [6.45, 7) is 9.87. The summed E-state index contributed by atoms with van der Waals surface area (Å²) in [4.78, 5) is 41.3. The van der Waals surface area contributed by atoms with Crippen molar-refractivity contribution in [3.8, 4) is 5.75 Å². The molecule has 2 heterocycles. The molecule has 2 aliphatic rings. The Bertz CT molecular complexity index is 890. The van der Waals surface area contributed by atoms with Gasteiger partial charge in [-0.05, 0) is 57.6 Å². The molecule has 9 heteroatoms. The predicted octanol–water partition coefficient (Wildman–Crippen LogP) is 2.86. The number of amides is 4. The van der Waals surface area contributed by atoms with Crippen LogP contribution in [0.4, 0.5) is 10.5 Å². The van der Waals surface area contributed by atoms with E-state index in [1.165, 1.54) is 6.92 Å². The number of hydrogen-bond acceptors (Lipinski definition) is 5. The van der Waals surface area contributed by atoms with Gasteiger partial charge in [0.2, 0.25) is 11.8 Å².